The Bertz CT molecular complexity index is 1310. The zero-order chi connectivity index (χ0) is 29.0. The van der Waals surface area contributed by atoms with Crippen LogP contribution in [0.4, 0.5) is 13.2 Å². The van der Waals surface area contributed by atoms with Gasteiger partial charge in [0, 0.05) is 53.4 Å². The minimum absolute atomic E-state index is 0.0352. The lowest BCUT2D eigenvalue weighted by molar-refractivity contribution is -0.140. The minimum Gasteiger partial charge on any atom is -0.480 e. The number of aromatic nitrogens is 1. The number of aliphatic carboxylic acids is 1. The lowest BCUT2D eigenvalue weighted by Crippen LogP contribution is -2.54. The van der Waals surface area contributed by atoms with Crippen LogP contribution < -0.4 is 5.32 Å². The number of amidine groups is 1. The van der Waals surface area contributed by atoms with Gasteiger partial charge in [0.25, 0.3) is 5.92 Å². The maximum Gasteiger partial charge on any atom is 0.338 e. The van der Waals surface area contributed by atoms with Crippen LogP contribution in [-0.2, 0) is 14.3 Å². The number of carboxylic acid groups (broad SMARTS) is 1. The second-order valence-electron chi connectivity index (χ2n) is 9.66. The highest BCUT2D eigenvalue weighted by Gasteiger charge is 2.42. The number of carbonyl (C=O) groups is 2. The molecule has 2 aliphatic heterocycles. The Hall–Kier alpha value is -3.00. The summed E-state index contributed by atoms with van der Waals surface area (Å²) in [7, 11) is 1.61. The predicted octanol–water partition coefficient (Wildman–Crippen LogP) is 3.96. The third-order valence-electron chi connectivity index (χ3n) is 6.60. The first-order chi connectivity index (χ1) is 19.0. The van der Waals surface area contributed by atoms with Crippen molar-refractivity contribution in [2.75, 3.05) is 39.8 Å². The third kappa shape index (κ3) is 7.19. The van der Waals surface area contributed by atoms with Gasteiger partial charge in [-0.1, -0.05) is 17.7 Å². The molecule has 1 unspecified atom stereocenters. The first-order valence-corrected chi connectivity index (χ1v) is 13.8. The lowest BCUT2D eigenvalue weighted by Gasteiger charge is -2.42. The van der Waals surface area contributed by atoms with Crippen LogP contribution >= 0.6 is 22.9 Å². The standard InChI is InChI=1S/C26H29ClF3N5O4S/c1-3-39-25(38)21-19(12-35-14-26(29,30)7-6-16(35)11-34(2)13-20(36)37)32-23(24-31-8-9-40-24)33-22(21)17-5-4-15(28)10-18(17)27/h4-5,8-10,16,22H,3,6-7,11-14H2,1-2H3,(H,32,33)(H,36,37)/t16?,22-/m0/s1. The summed E-state index contributed by atoms with van der Waals surface area (Å²) in [6.07, 6.45) is 1.36. The van der Waals surface area contributed by atoms with E-state index in [4.69, 9.17) is 21.4 Å². The molecule has 4 rings (SSSR count). The first-order valence-electron chi connectivity index (χ1n) is 12.6. The number of benzene rings is 1. The van der Waals surface area contributed by atoms with E-state index in [0.29, 0.717) is 16.4 Å². The van der Waals surface area contributed by atoms with Gasteiger partial charge in [-0.15, -0.1) is 11.3 Å². The molecular formula is C26H29ClF3N5O4S. The SMILES string of the molecule is CCOC(=O)C1=C(CN2CC(F)(F)CCC2CN(C)CC(=O)O)NC(c2nccs2)=N[C@H]1c1ccc(F)cc1Cl. The van der Waals surface area contributed by atoms with Crippen molar-refractivity contribution >= 4 is 40.7 Å². The van der Waals surface area contributed by atoms with Gasteiger partial charge in [-0.05, 0) is 32.5 Å². The van der Waals surface area contributed by atoms with Gasteiger partial charge < -0.3 is 15.2 Å². The molecule has 40 heavy (non-hydrogen) atoms. The lowest BCUT2D eigenvalue weighted by atomic mass is 9.93. The van der Waals surface area contributed by atoms with Gasteiger partial charge in [0.1, 0.15) is 11.9 Å². The number of hydrogen-bond donors (Lipinski definition) is 2. The van der Waals surface area contributed by atoms with E-state index in [0.717, 1.165) is 6.07 Å². The summed E-state index contributed by atoms with van der Waals surface area (Å²) in [5.74, 6) is -5.00. The van der Waals surface area contributed by atoms with E-state index in [1.807, 2.05) is 0 Å². The first kappa shape index (κ1) is 30.0. The number of alkyl halides is 2. The molecule has 9 nitrogen and oxygen atoms in total. The molecule has 1 fully saturated rings. The molecule has 2 aliphatic rings. The Morgan fingerprint density at radius 3 is 2.80 bits per heavy atom. The van der Waals surface area contributed by atoms with Crippen molar-refractivity contribution in [3.05, 3.63) is 62.5 Å². The molecule has 2 N–H and O–H groups in total. The molecule has 0 saturated carbocycles. The molecule has 0 spiro atoms. The van der Waals surface area contributed by atoms with Crippen LogP contribution in [0.25, 0.3) is 0 Å². The number of piperidine rings is 1. The Kier molecular flexibility index (Phi) is 9.49. The maximum absolute atomic E-state index is 14.7. The van der Waals surface area contributed by atoms with Gasteiger partial charge in [0.15, 0.2) is 10.8 Å². The maximum atomic E-state index is 14.7. The Labute approximate surface area is 238 Å². The van der Waals surface area contributed by atoms with Crippen molar-refractivity contribution in [3.8, 4) is 0 Å². The number of carbonyl (C=O) groups excluding carboxylic acids is 1. The largest absolute Gasteiger partial charge is 0.480 e. The van der Waals surface area contributed by atoms with E-state index in [1.165, 1.54) is 28.4 Å². The number of nitrogens with one attached hydrogen (secondary N) is 1. The number of likely N-dealkylation sites (tertiary alicyclic amines) is 1. The molecule has 1 saturated heterocycles. The molecule has 0 radical (unpaired) electrons. The molecule has 14 heteroatoms. The highest BCUT2D eigenvalue weighted by molar-refractivity contribution is 7.11. The predicted molar refractivity (Wildman–Crippen MR) is 144 cm³/mol. The number of rotatable bonds is 10. The van der Waals surface area contributed by atoms with Crippen LogP contribution in [0.3, 0.4) is 0 Å². The van der Waals surface area contributed by atoms with Crippen LogP contribution in [0.2, 0.25) is 5.02 Å². The summed E-state index contributed by atoms with van der Waals surface area (Å²) >= 11 is 7.68. The van der Waals surface area contributed by atoms with E-state index in [9.17, 15) is 22.8 Å². The van der Waals surface area contributed by atoms with Crippen LogP contribution in [-0.4, -0.2) is 89.5 Å². The number of ether oxygens (including phenoxy) is 1. The molecule has 0 amide bonds. The van der Waals surface area contributed by atoms with Crippen LogP contribution in [0.15, 0.2) is 46.0 Å². The van der Waals surface area contributed by atoms with Gasteiger partial charge in [-0.25, -0.2) is 22.9 Å². The smallest absolute Gasteiger partial charge is 0.338 e. The fraction of sp³-hybridized carbons (Fsp3) is 0.462. The van der Waals surface area contributed by atoms with Crippen molar-refractivity contribution in [1.82, 2.24) is 20.1 Å². The summed E-state index contributed by atoms with van der Waals surface area (Å²) in [4.78, 5) is 36.6. The normalized spacial score (nSPS) is 21.2. The fourth-order valence-corrected chi connectivity index (χ4v) is 5.74. The Balaban J connectivity index is 1.79. The van der Waals surface area contributed by atoms with Gasteiger partial charge >= 0.3 is 11.9 Å². The second kappa shape index (κ2) is 12.7. The molecule has 0 bridgehead atoms. The summed E-state index contributed by atoms with van der Waals surface area (Å²) in [5.41, 5.74) is 0.663. The van der Waals surface area contributed by atoms with Gasteiger partial charge in [0.2, 0.25) is 0 Å². The molecule has 0 aliphatic carbocycles. The van der Waals surface area contributed by atoms with E-state index in [-0.39, 0.29) is 55.4 Å². The second-order valence-corrected chi connectivity index (χ2v) is 11.0. The highest BCUT2D eigenvalue weighted by atomic mass is 35.5. The molecule has 2 atom stereocenters. The summed E-state index contributed by atoms with van der Waals surface area (Å²) in [5, 5.41) is 14.6. The number of nitrogens with zero attached hydrogens (tertiary/aromatic N) is 4. The monoisotopic (exact) mass is 599 g/mol. The number of hydrogen-bond acceptors (Lipinski definition) is 9. The average Bonchev–Trinajstić information content (AvgIpc) is 3.40. The topological polar surface area (TPSA) is 107 Å². The van der Waals surface area contributed by atoms with E-state index >= 15 is 0 Å². The van der Waals surface area contributed by atoms with Crippen LogP contribution in [0.1, 0.15) is 36.4 Å². The van der Waals surface area contributed by atoms with Crippen LogP contribution in [0.5, 0.6) is 0 Å². The Morgan fingerprint density at radius 2 is 2.15 bits per heavy atom. The molecule has 1 aromatic carbocycles. The van der Waals surface area contributed by atoms with E-state index in [1.54, 1.807) is 30.4 Å². The zero-order valence-corrected chi connectivity index (χ0v) is 23.4. The molecule has 3 heterocycles. The minimum atomic E-state index is -2.98. The summed E-state index contributed by atoms with van der Waals surface area (Å²) in [6, 6.07) is 2.28. The van der Waals surface area contributed by atoms with Crippen LogP contribution in [0, 0.1) is 5.82 Å². The number of carboxylic acids is 1. The summed E-state index contributed by atoms with van der Waals surface area (Å²) < 4.78 is 48.6. The summed E-state index contributed by atoms with van der Waals surface area (Å²) in [6.45, 7) is 0.957. The number of esters is 1. The highest BCUT2D eigenvalue weighted by Crippen LogP contribution is 2.38. The number of aliphatic imine (C=N–C) groups is 1. The van der Waals surface area contributed by atoms with Crippen molar-refractivity contribution in [2.45, 2.75) is 37.8 Å². The zero-order valence-electron chi connectivity index (χ0n) is 21.9. The number of likely N-dealkylation sites (N-methyl/N-ethyl adjacent to an activating group) is 1. The third-order valence-corrected chi connectivity index (χ3v) is 7.70. The fourth-order valence-electron chi connectivity index (χ4n) is 4.88. The molecule has 216 valence electrons. The van der Waals surface area contributed by atoms with E-state index in [2.05, 4.69) is 15.3 Å². The number of halogens is 4. The van der Waals surface area contributed by atoms with Gasteiger partial charge in [0.05, 0.1) is 25.3 Å². The molecule has 1 aromatic heterocycles. The van der Waals surface area contributed by atoms with Gasteiger partial charge in [-0.2, -0.15) is 0 Å². The van der Waals surface area contributed by atoms with Crippen molar-refractivity contribution in [3.63, 3.8) is 0 Å². The Morgan fingerprint density at radius 1 is 1.38 bits per heavy atom. The number of thiazole rings is 1. The van der Waals surface area contributed by atoms with Crippen molar-refractivity contribution < 1.29 is 32.6 Å². The average molecular weight is 600 g/mol. The van der Waals surface area contributed by atoms with Crippen molar-refractivity contribution in [1.29, 1.82) is 0 Å². The van der Waals surface area contributed by atoms with Crippen molar-refractivity contribution in [2.24, 2.45) is 4.99 Å². The molecular weight excluding hydrogens is 571 g/mol. The molecule has 2 aromatic rings. The van der Waals surface area contributed by atoms with E-state index < -0.39 is 42.3 Å². The quantitative estimate of drug-likeness (QED) is 0.395. The van der Waals surface area contributed by atoms with Gasteiger partial charge in [-0.3, -0.25) is 19.6 Å².